The Morgan fingerprint density at radius 3 is 2.80 bits per heavy atom. The molecule has 5 nitrogen and oxygen atoms in total. The van der Waals surface area contributed by atoms with Crippen molar-refractivity contribution in [2.75, 3.05) is 12.4 Å². The molecule has 0 saturated carbocycles. The summed E-state index contributed by atoms with van der Waals surface area (Å²) in [5, 5.41) is 3.01. The highest BCUT2D eigenvalue weighted by Gasteiger charge is 2.15. The number of nitrogens with one attached hydrogen (secondary N) is 2. The minimum Gasteiger partial charge on any atom is -0.446 e. The molecule has 0 aliphatic carbocycles. The quantitative estimate of drug-likeness (QED) is 0.823. The molecule has 104 valence electrons. The summed E-state index contributed by atoms with van der Waals surface area (Å²) >= 11 is 0. The molecule has 0 aliphatic heterocycles. The van der Waals surface area contributed by atoms with Crippen LogP contribution in [0.2, 0.25) is 0 Å². The Balaban J connectivity index is 2.07. The number of terminal acetylenes is 1. The zero-order chi connectivity index (χ0) is 14.6. The molecular weight excluding hydrogens is 276 g/mol. The van der Waals surface area contributed by atoms with Crippen LogP contribution in [0.25, 0.3) is 0 Å². The van der Waals surface area contributed by atoms with Crippen molar-refractivity contribution in [2.45, 2.75) is 11.6 Å². The van der Waals surface area contributed by atoms with Gasteiger partial charge in [-0.25, -0.2) is 13.1 Å². The fraction of sp³-hybridized carbons (Fsp3) is 0.143. The Bertz CT molecular complexity index is 742. The average molecular weight is 290 g/mol. The summed E-state index contributed by atoms with van der Waals surface area (Å²) in [5.41, 5.74) is 1.61. The normalized spacial score (nSPS) is 11.0. The lowest BCUT2D eigenvalue weighted by molar-refractivity contribution is 0.417. The first-order chi connectivity index (χ1) is 9.55. The third-order valence-corrected chi connectivity index (χ3v) is 3.95. The highest BCUT2D eigenvalue weighted by molar-refractivity contribution is 7.89. The van der Waals surface area contributed by atoms with Crippen LogP contribution in [-0.4, -0.2) is 15.5 Å². The van der Waals surface area contributed by atoms with E-state index in [1.165, 1.54) is 13.1 Å². The van der Waals surface area contributed by atoms with E-state index in [-0.39, 0.29) is 5.09 Å². The van der Waals surface area contributed by atoms with E-state index < -0.39 is 10.0 Å². The SMILES string of the molecule is C#Cc1cccc(NCc2ccc(S(=O)(=O)NC)o2)c1. The van der Waals surface area contributed by atoms with Gasteiger partial charge in [-0.1, -0.05) is 12.0 Å². The van der Waals surface area contributed by atoms with Crippen molar-refractivity contribution in [1.29, 1.82) is 0 Å². The molecule has 0 unspecified atom stereocenters. The number of sulfonamides is 1. The van der Waals surface area contributed by atoms with E-state index >= 15 is 0 Å². The molecule has 20 heavy (non-hydrogen) atoms. The van der Waals surface area contributed by atoms with E-state index in [2.05, 4.69) is 16.0 Å². The van der Waals surface area contributed by atoms with Crippen molar-refractivity contribution in [3.05, 3.63) is 47.7 Å². The molecule has 1 aromatic heterocycles. The van der Waals surface area contributed by atoms with Crippen LogP contribution in [-0.2, 0) is 16.6 Å². The highest BCUT2D eigenvalue weighted by atomic mass is 32.2. The minimum absolute atomic E-state index is 0.103. The maximum absolute atomic E-state index is 11.5. The zero-order valence-corrected chi connectivity index (χ0v) is 11.7. The smallest absolute Gasteiger partial charge is 0.273 e. The first-order valence-corrected chi connectivity index (χ1v) is 7.36. The molecular formula is C14H14N2O3S. The molecule has 2 N–H and O–H groups in total. The van der Waals surface area contributed by atoms with Gasteiger partial charge in [-0.2, -0.15) is 0 Å². The van der Waals surface area contributed by atoms with Crippen molar-refractivity contribution in [3.8, 4) is 12.3 Å². The van der Waals surface area contributed by atoms with Gasteiger partial charge in [-0.3, -0.25) is 0 Å². The zero-order valence-electron chi connectivity index (χ0n) is 10.9. The third kappa shape index (κ3) is 3.20. The van der Waals surface area contributed by atoms with Gasteiger partial charge in [0.15, 0.2) is 0 Å². The topological polar surface area (TPSA) is 71.3 Å². The predicted molar refractivity (Wildman–Crippen MR) is 76.7 cm³/mol. The molecule has 1 aromatic carbocycles. The number of anilines is 1. The predicted octanol–water partition coefficient (Wildman–Crippen LogP) is 1.78. The van der Waals surface area contributed by atoms with E-state index in [9.17, 15) is 8.42 Å². The molecule has 1 heterocycles. The van der Waals surface area contributed by atoms with Crippen LogP contribution in [0.4, 0.5) is 5.69 Å². The summed E-state index contributed by atoms with van der Waals surface area (Å²) in [6.45, 7) is 0.368. The fourth-order valence-corrected chi connectivity index (χ4v) is 2.27. The summed E-state index contributed by atoms with van der Waals surface area (Å²) in [4.78, 5) is 0. The lowest BCUT2D eigenvalue weighted by Gasteiger charge is -2.04. The van der Waals surface area contributed by atoms with Crippen molar-refractivity contribution < 1.29 is 12.8 Å². The second-order valence-electron chi connectivity index (χ2n) is 4.01. The van der Waals surface area contributed by atoms with Crippen LogP contribution in [0.5, 0.6) is 0 Å². The van der Waals surface area contributed by atoms with Gasteiger partial charge in [0.25, 0.3) is 10.0 Å². The van der Waals surface area contributed by atoms with Crippen molar-refractivity contribution in [1.82, 2.24) is 4.72 Å². The van der Waals surface area contributed by atoms with Gasteiger partial charge in [-0.15, -0.1) is 6.42 Å². The van der Waals surface area contributed by atoms with E-state index in [0.29, 0.717) is 12.3 Å². The molecule has 0 aliphatic rings. The second-order valence-corrected chi connectivity index (χ2v) is 5.82. The van der Waals surface area contributed by atoms with Crippen molar-refractivity contribution in [3.63, 3.8) is 0 Å². The highest BCUT2D eigenvalue weighted by Crippen LogP contribution is 2.16. The summed E-state index contributed by atoms with van der Waals surface area (Å²) in [7, 11) is -2.21. The summed E-state index contributed by atoms with van der Waals surface area (Å²) < 4.78 is 30.5. The number of rotatable bonds is 5. The molecule has 6 heteroatoms. The number of furan rings is 1. The fourth-order valence-electron chi connectivity index (χ4n) is 1.61. The largest absolute Gasteiger partial charge is 0.446 e. The first-order valence-electron chi connectivity index (χ1n) is 5.88. The summed E-state index contributed by atoms with van der Waals surface area (Å²) in [6.07, 6.45) is 5.32. The number of benzene rings is 1. The lowest BCUT2D eigenvalue weighted by Crippen LogP contribution is -2.17. The Hall–Kier alpha value is -2.23. The molecule has 0 saturated heterocycles. The monoisotopic (exact) mass is 290 g/mol. The van der Waals surface area contributed by atoms with E-state index in [1.807, 2.05) is 24.3 Å². The Morgan fingerprint density at radius 2 is 2.10 bits per heavy atom. The van der Waals surface area contributed by atoms with Crippen molar-refractivity contribution >= 4 is 15.7 Å². The van der Waals surface area contributed by atoms with Gasteiger partial charge >= 0.3 is 0 Å². The molecule has 0 fully saturated rings. The molecule has 2 rings (SSSR count). The second kappa shape index (κ2) is 5.82. The lowest BCUT2D eigenvalue weighted by atomic mass is 10.2. The van der Waals surface area contributed by atoms with Gasteiger partial charge in [-0.05, 0) is 37.4 Å². The maximum atomic E-state index is 11.5. The molecule has 0 atom stereocenters. The summed E-state index contributed by atoms with van der Waals surface area (Å²) in [6, 6.07) is 10.4. The summed E-state index contributed by atoms with van der Waals surface area (Å²) in [5.74, 6) is 3.06. The van der Waals surface area contributed by atoms with E-state index in [0.717, 1.165) is 11.3 Å². The molecule has 0 bridgehead atoms. The van der Waals surface area contributed by atoms with Gasteiger partial charge in [0.2, 0.25) is 5.09 Å². The van der Waals surface area contributed by atoms with Crippen molar-refractivity contribution in [2.24, 2.45) is 0 Å². The van der Waals surface area contributed by atoms with Crippen LogP contribution in [0.1, 0.15) is 11.3 Å². The number of hydrogen-bond donors (Lipinski definition) is 2. The number of hydrogen-bond acceptors (Lipinski definition) is 4. The Morgan fingerprint density at radius 1 is 1.30 bits per heavy atom. The maximum Gasteiger partial charge on any atom is 0.273 e. The first kappa shape index (κ1) is 14.2. The Labute approximate surface area is 118 Å². The van der Waals surface area contributed by atoms with Gasteiger partial charge < -0.3 is 9.73 Å². The third-order valence-electron chi connectivity index (χ3n) is 2.67. The molecule has 0 radical (unpaired) electrons. The standard InChI is InChI=1S/C14H14N2O3S/c1-3-11-5-4-6-12(9-11)16-10-13-7-8-14(19-13)20(17,18)15-2/h1,4-9,15-16H,10H2,2H3. The molecule has 0 amide bonds. The van der Waals surface area contributed by atoms with Gasteiger partial charge in [0.1, 0.15) is 5.76 Å². The van der Waals surface area contributed by atoms with Crippen LogP contribution in [0.3, 0.4) is 0 Å². The van der Waals surface area contributed by atoms with E-state index in [4.69, 9.17) is 10.8 Å². The van der Waals surface area contributed by atoms with E-state index in [1.54, 1.807) is 6.07 Å². The average Bonchev–Trinajstić information content (AvgIpc) is 2.95. The Kier molecular flexibility index (Phi) is 4.13. The van der Waals surface area contributed by atoms with Crippen LogP contribution < -0.4 is 10.0 Å². The van der Waals surface area contributed by atoms with Crippen LogP contribution >= 0.6 is 0 Å². The van der Waals surface area contributed by atoms with Gasteiger partial charge in [0.05, 0.1) is 6.54 Å². The van der Waals surface area contributed by atoms with Crippen LogP contribution in [0, 0.1) is 12.3 Å². The molecule has 0 spiro atoms. The van der Waals surface area contributed by atoms with Crippen LogP contribution in [0.15, 0.2) is 45.9 Å². The minimum atomic E-state index is -3.54. The molecule has 2 aromatic rings. The van der Waals surface area contributed by atoms with Gasteiger partial charge in [0, 0.05) is 11.3 Å².